The number of para-hydroxylation sites is 1. The minimum Gasteiger partial charge on any atom is -0.336 e. The normalized spacial score (nSPS) is 11.1. The number of benzene rings is 2. The maximum Gasteiger partial charge on any atom is 0.329 e. The molecule has 11 nitrogen and oxygen atoms in total. The lowest BCUT2D eigenvalue weighted by Crippen LogP contribution is -2.28. The number of nitrogens with zero attached hydrogens (tertiary/aromatic N) is 4. The summed E-state index contributed by atoms with van der Waals surface area (Å²) in [4.78, 5) is 50.4. The molecule has 0 saturated carbocycles. The molecule has 0 fully saturated rings. The van der Waals surface area contributed by atoms with Gasteiger partial charge in [-0.05, 0) is 12.1 Å². The van der Waals surface area contributed by atoms with E-state index in [1.807, 2.05) is 48.5 Å². The number of hydrogen-bond acceptors (Lipinski definition) is 6. The highest BCUT2D eigenvalue weighted by Gasteiger charge is 2.15. The lowest BCUT2D eigenvalue weighted by atomic mass is 10.1. The van der Waals surface area contributed by atoms with Gasteiger partial charge in [-0.3, -0.25) is 24.2 Å². The lowest BCUT2D eigenvalue weighted by molar-refractivity contribution is -0.116. The Balaban J connectivity index is 1.32. The van der Waals surface area contributed by atoms with E-state index in [1.54, 1.807) is 6.07 Å². The molecule has 170 valence electrons. The van der Waals surface area contributed by atoms with E-state index >= 15 is 0 Å². The second kappa shape index (κ2) is 8.62. The van der Waals surface area contributed by atoms with Crippen LogP contribution < -0.4 is 16.6 Å². The monoisotopic (exact) mass is 456 g/mol. The van der Waals surface area contributed by atoms with Crippen molar-refractivity contribution in [2.75, 3.05) is 5.32 Å². The maximum atomic E-state index is 12.7. The Labute approximate surface area is 191 Å². The molecule has 0 spiro atoms. The van der Waals surface area contributed by atoms with Gasteiger partial charge in [0.25, 0.3) is 5.56 Å². The third-order valence-corrected chi connectivity index (χ3v) is 5.37. The Morgan fingerprint density at radius 3 is 2.59 bits per heavy atom. The number of aromatic nitrogens is 7. The zero-order chi connectivity index (χ0) is 23.7. The topological polar surface area (TPSA) is 154 Å². The van der Waals surface area contributed by atoms with Crippen LogP contribution >= 0.6 is 0 Å². The molecule has 4 N–H and O–H groups in total. The van der Waals surface area contributed by atoms with E-state index in [4.69, 9.17) is 0 Å². The van der Waals surface area contributed by atoms with E-state index in [-0.39, 0.29) is 29.9 Å². The molecular formula is C23H20N8O3. The first-order valence-electron chi connectivity index (χ1n) is 10.5. The number of imidazole rings is 1. The fraction of sp³-hybridized carbons (Fsp3) is 0.130. The number of aromatic amines is 3. The van der Waals surface area contributed by atoms with Crippen molar-refractivity contribution in [3.05, 3.63) is 81.3 Å². The maximum absolute atomic E-state index is 12.7. The number of amides is 1. The highest BCUT2D eigenvalue weighted by molar-refractivity contribution is 5.94. The molecule has 2 aromatic carbocycles. The van der Waals surface area contributed by atoms with Gasteiger partial charge in [0.1, 0.15) is 11.3 Å². The molecular weight excluding hydrogens is 436 g/mol. The summed E-state index contributed by atoms with van der Waals surface area (Å²) in [5.41, 5.74) is 1.53. The summed E-state index contributed by atoms with van der Waals surface area (Å²) < 4.78 is 1.24. The number of anilines is 1. The Kier molecular flexibility index (Phi) is 5.34. The molecule has 0 aliphatic carbocycles. The number of carbonyl (C=O) groups is 1. The number of hydrogen-bond donors (Lipinski definition) is 4. The standard InChI is InChI=1S/C23H20N8O3/c1-31-21-18(22(33)28-23(31)34)25-16(26-21)11-12-17(32)24-15-10-6-5-9-14(15)20-27-19(29-30-20)13-7-3-2-4-8-13/h2-10H,11-12H2,1H3,(H,24,32)(H,25,26)(H,27,29,30)(H,28,33,34). The third-order valence-electron chi connectivity index (χ3n) is 5.37. The van der Waals surface area contributed by atoms with Crippen molar-refractivity contribution in [2.45, 2.75) is 12.8 Å². The van der Waals surface area contributed by atoms with Crippen molar-refractivity contribution in [1.29, 1.82) is 0 Å². The Hall–Kier alpha value is -4.80. The molecule has 0 bridgehead atoms. The van der Waals surface area contributed by atoms with Crippen LogP contribution in [0.5, 0.6) is 0 Å². The van der Waals surface area contributed by atoms with Gasteiger partial charge in [-0.15, -0.1) is 0 Å². The van der Waals surface area contributed by atoms with Crippen LogP contribution in [0.15, 0.2) is 64.2 Å². The molecule has 0 atom stereocenters. The summed E-state index contributed by atoms with van der Waals surface area (Å²) >= 11 is 0. The molecule has 1 amide bonds. The van der Waals surface area contributed by atoms with Crippen molar-refractivity contribution in [1.82, 2.24) is 34.7 Å². The molecule has 0 aliphatic heterocycles. The van der Waals surface area contributed by atoms with Crippen LogP contribution in [0, 0.1) is 0 Å². The van der Waals surface area contributed by atoms with Gasteiger partial charge >= 0.3 is 5.69 Å². The van der Waals surface area contributed by atoms with Crippen molar-refractivity contribution in [3.63, 3.8) is 0 Å². The molecule has 5 aromatic rings. The second-order valence-corrected chi connectivity index (χ2v) is 7.67. The first-order chi connectivity index (χ1) is 16.5. The van der Waals surface area contributed by atoms with E-state index in [1.165, 1.54) is 11.6 Å². The van der Waals surface area contributed by atoms with Gasteiger partial charge in [0.2, 0.25) is 5.91 Å². The first-order valence-corrected chi connectivity index (χ1v) is 10.5. The van der Waals surface area contributed by atoms with Gasteiger partial charge in [0.15, 0.2) is 17.3 Å². The SMILES string of the molecule is Cn1c(=O)[nH]c(=O)c2[nH]c(CCC(=O)Nc3ccccc3-c3nc(-c4ccccc4)n[nH]3)nc21. The largest absolute Gasteiger partial charge is 0.336 e. The third kappa shape index (κ3) is 4.01. The Morgan fingerprint density at radius 2 is 1.76 bits per heavy atom. The summed E-state index contributed by atoms with van der Waals surface area (Å²) in [6.07, 6.45) is 0.377. The zero-order valence-electron chi connectivity index (χ0n) is 18.1. The van der Waals surface area contributed by atoms with Gasteiger partial charge in [-0.1, -0.05) is 42.5 Å². The van der Waals surface area contributed by atoms with Crippen molar-refractivity contribution in [3.8, 4) is 22.8 Å². The van der Waals surface area contributed by atoms with Crippen LogP contribution in [0.2, 0.25) is 0 Å². The van der Waals surface area contributed by atoms with Crippen LogP contribution in [0.1, 0.15) is 12.2 Å². The van der Waals surface area contributed by atoms with Gasteiger partial charge in [0.05, 0.1) is 5.69 Å². The van der Waals surface area contributed by atoms with Crippen molar-refractivity contribution in [2.24, 2.45) is 7.05 Å². The highest BCUT2D eigenvalue weighted by Crippen LogP contribution is 2.27. The predicted octanol–water partition coefficient (Wildman–Crippen LogP) is 1.97. The lowest BCUT2D eigenvalue weighted by Gasteiger charge is -2.08. The molecule has 3 aromatic heterocycles. The van der Waals surface area contributed by atoms with E-state index < -0.39 is 11.2 Å². The first kappa shape index (κ1) is 21.1. The van der Waals surface area contributed by atoms with E-state index in [0.717, 1.165) is 5.56 Å². The van der Waals surface area contributed by atoms with Crippen molar-refractivity contribution >= 4 is 22.8 Å². The minimum atomic E-state index is -0.548. The molecule has 0 aliphatic rings. The van der Waals surface area contributed by atoms with Crippen LogP contribution in [-0.4, -0.2) is 40.6 Å². The van der Waals surface area contributed by atoms with Gasteiger partial charge in [-0.25, -0.2) is 14.8 Å². The smallest absolute Gasteiger partial charge is 0.329 e. The molecule has 34 heavy (non-hydrogen) atoms. The molecule has 0 radical (unpaired) electrons. The summed E-state index contributed by atoms with van der Waals surface area (Å²) in [6, 6.07) is 16.9. The summed E-state index contributed by atoms with van der Waals surface area (Å²) in [6.45, 7) is 0. The van der Waals surface area contributed by atoms with Crippen LogP contribution in [-0.2, 0) is 18.3 Å². The molecule has 11 heteroatoms. The fourth-order valence-corrected chi connectivity index (χ4v) is 3.61. The van der Waals surface area contributed by atoms with Crippen LogP contribution in [0.3, 0.4) is 0 Å². The Morgan fingerprint density at radius 1 is 1.00 bits per heavy atom. The van der Waals surface area contributed by atoms with E-state index in [2.05, 4.69) is 35.5 Å². The summed E-state index contributed by atoms with van der Waals surface area (Å²) in [5, 5.41) is 10.1. The number of carbonyl (C=O) groups excluding carboxylic acids is 1. The fourth-order valence-electron chi connectivity index (χ4n) is 3.61. The number of fused-ring (bicyclic) bond motifs is 1. The summed E-state index contributed by atoms with van der Waals surface area (Å²) in [5.74, 6) is 1.30. The number of rotatable bonds is 6. The molecule has 0 saturated heterocycles. The molecule has 3 heterocycles. The predicted molar refractivity (Wildman–Crippen MR) is 126 cm³/mol. The average molecular weight is 456 g/mol. The van der Waals surface area contributed by atoms with Gasteiger partial charge in [-0.2, -0.15) is 5.10 Å². The van der Waals surface area contributed by atoms with E-state index in [0.29, 0.717) is 28.7 Å². The van der Waals surface area contributed by atoms with Gasteiger partial charge < -0.3 is 10.3 Å². The minimum absolute atomic E-state index is 0.117. The van der Waals surface area contributed by atoms with Crippen molar-refractivity contribution < 1.29 is 4.79 Å². The second-order valence-electron chi connectivity index (χ2n) is 7.67. The van der Waals surface area contributed by atoms with Gasteiger partial charge in [0, 0.05) is 31.0 Å². The number of nitrogens with one attached hydrogen (secondary N) is 4. The summed E-state index contributed by atoms with van der Waals surface area (Å²) in [7, 11) is 1.52. The van der Waals surface area contributed by atoms with Crippen LogP contribution in [0.4, 0.5) is 5.69 Å². The van der Waals surface area contributed by atoms with Crippen LogP contribution in [0.25, 0.3) is 33.9 Å². The zero-order valence-corrected chi connectivity index (χ0v) is 18.1. The number of H-pyrrole nitrogens is 3. The molecule has 0 unspecified atom stereocenters. The van der Waals surface area contributed by atoms with E-state index in [9.17, 15) is 14.4 Å². The quantitative estimate of drug-likeness (QED) is 0.306. The molecule has 5 rings (SSSR count). The number of aryl methyl sites for hydroxylation is 2. The highest BCUT2D eigenvalue weighted by atomic mass is 16.2. The Bertz CT molecular complexity index is 1610. The average Bonchev–Trinajstić information content (AvgIpc) is 3.51.